The van der Waals surface area contributed by atoms with E-state index in [4.69, 9.17) is 0 Å². The molecule has 0 aliphatic rings. The van der Waals surface area contributed by atoms with Gasteiger partial charge >= 0.3 is 5.69 Å². The fourth-order valence-electron chi connectivity index (χ4n) is 0.888. The molecule has 0 unspecified atom stereocenters. The lowest BCUT2D eigenvalue weighted by molar-refractivity contribution is 0.514. The lowest BCUT2D eigenvalue weighted by atomic mass is 10.5. The van der Waals surface area contributed by atoms with Gasteiger partial charge in [-0.3, -0.25) is 9.36 Å². The molecule has 0 amide bonds. The molecular weight excluding hydrogens is 158 g/mol. The summed E-state index contributed by atoms with van der Waals surface area (Å²) in [6.07, 6.45) is 1.97. The van der Waals surface area contributed by atoms with Gasteiger partial charge in [-0.1, -0.05) is 6.92 Å². The summed E-state index contributed by atoms with van der Waals surface area (Å²) in [5.41, 5.74) is -0.725. The van der Waals surface area contributed by atoms with Crippen molar-refractivity contribution in [2.45, 2.75) is 19.9 Å². The maximum absolute atomic E-state index is 11.2. The van der Waals surface area contributed by atoms with Crippen molar-refractivity contribution in [2.24, 2.45) is 7.05 Å². The van der Waals surface area contributed by atoms with Crippen LogP contribution < -0.4 is 11.2 Å². The largest absolute Gasteiger partial charge is 0.347 e. The summed E-state index contributed by atoms with van der Waals surface area (Å²) < 4.78 is 2.32. The Balaban J connectivity index is 3.27. The van der Waals surface area contributed by atoms with Crippen molar-refractivity contribution in [2.75, 3.05) is 0 Å². The number of aryl methyl sites for hydroxylation is 1. The van der Waals surface area contributed by atoms with Crippen molar-refractivity contribution in [3.63, 3.8) is 0 Å². The first-order valence-corrected chi connectivity index (χ1v) is 3.80. The SMILES string of the molecule is CCCn1ncc(=O)n(C)c1=O. The maximum Gasteiger partial charge on any atom is 0.347 e. The van der Waals surface area contributed by atoms with Crippen molar-refractivity contribution in [1.82, 2.24) is 14.3 Å². The fourth-order valence-corrected chi connectivity index (χ4v) is 0.888. The average molecular weight is 169 g/mol. The van der Waals surface area contributed by atoms with Gasteiger partial charge in [-0.25, -0.2) is 9.48 Å². The minimum atomic E-state index is -0.368. The minimum Gasteiger partial charge on any atom is -0.267 e. The summed E-state index contributed by atoms with van der Waals surface area (Å²) in [4.78, 5) is 22.1. The highest BCUT2D eigenvalue weighted by atomic mass is 16.2. The molecule has 0 atom stereocenters. The quantitative estimate of drug-likeness (QED) is 0.591. The Morgan fingerprint density at radius 3 is 2.75 bits per heavy atom. The Kier molecular flexibility index (Phi) is 2.42. The van der Waals surface area contributed by atoms with E-state index < -0.39 is 0 Å². The lowest BCUT2D eigenvalue weighted by Gasteiger charge is -2.02. The minimum absolute atomic E-state index is 0.357. The molecule has 66 valence electrons. The lowest BCUT2D eigenvalue weighted by Crippen LogP contribution is -2.38. The molecular formula is C7H11N3O2. The highest BCUT2D eigenvalue weighted by Gasteiger charge is 1.99. The summed E-state index contributed by atoms with van der Waals surface area (Å²) in [6.45, 7) is 2.49. The van der Waals surface area contributed by atoms with Gasteiger partial charge in [-0.2, -0.15) is 5.10 Å². The smallest absolute Gasteiger partial charge is 0.267 e. The molecule has 1 aromatic heterocycles. The number of hydrogen-bond acceptors (Lipinski definition) is 3. The third-order valence-corrected chi connectivity index (χ3v) is 1.58. The zero-order valence-corrected chi connectivity index (χ0v) is 7.15. The van der Waals surface area contributed by atoms with Gasteiger partial charge in [0.25, 0.3) is 5.56 Å². The highest BCUT2D eigenvalue weighted by Crippen LogP contribution is 1.77. The molecule has 1 rings (SSSR count). The van der Waals surface area contributed by atoms with Gasteiger partial charge in [0.05, 0.1) is 0 Å². The van der Waals surface area contributed by atoms with Crippen LogP contribution in [-0.4, -0.2) is 14.3 Å². The zero-order chi connectivity index (χ0) is 9.14. The van der Waals surface area contributed by atoms with Gasteiger partial charge in [-0.15, -0.1) is 0 Å². The Morgan fingerprint density at radius 2 is 2.17 bits per heavy atom. The molecule has 1 aromatic rings. The summed E-state index contributed by atoms with van der Waals surface area (Å²) >= 11 is 0. The monoisotopic (exact) mass is 169 g/mol. The van der Waals surface area contributed by atoms with Crippen LogP contribution in [0.25, 0.3) is 0 Å². The summed E-state index contributed by atoms with van der Waals surface area (Å²) in [5.74, 6) is 0. The van der Waals surface area contributed by atoms with Crippen molar-refractivity contribution in [3.8, 4) is 0 Å². The average Bonchev–Trinajstić information content (AvgIpc) is 2.07. The van der Waals surface area contributed by atoms with Crippen molar-refractivity contribution in [1.29, 1.82) is 0 Å². The van der Waals surface area contributed by atoms with Crippen LogP contribution >= 0.6 is 0 Å². The number of nitrogens with zero attached hydrogens (tertiary/aromatic N) is 3. The number of rotatable bonds is 2. The van der Waals surface area contributed by atoms with Crippen molar-refractivity contribution < 1.29 is 0 Å². The third kappa shape index (κ3) is 1.44. The second kappa shape index (κ2) is 3.34. The molecule has 0 saturated carbocycles. The molecule has 5 nitrogen and oxygen atoms in total. The van der Waals surface area contributed by atoms with Crippen LogP contribution in [-0.2, 0) is 13.6 Å². The summed E-state index contributed by atoms with van der Waals surface area (Å²) in [7, 11) is 1.44. The third-order valence-electron chi connectivity index (χ3n) is 1.58. The molecule has 0 spiro atoms. The van der Waals surface area contributed by atoms with Crippen LogP contribution in [0.3, 0.4) is 0 Å². The zero-order valence-electron chi connectivity index (χ0n) is 7.15. The second-order valence-electron chi connectivity index (χ2n) is 2.55. The van der Waals surface area contributed by atoms with Crippen LogP contribution in [0.1, 0.15) is 13.3 Å². The van der Waals surface area contributed by atoms with E-state index in [0.717, 1.165) is 17.2 Å². The highest BCUT2D eigenvalue weighted by molar-refractivity contribution is 4.73. The van der Waals surface area contributed by atoms with E-state index in [1.54, 1.807) is 0 Å². The van der Waals surface area contributed by atoms with E-state index in [1.165, 1.54) is 11.7 Å². The first-order chi connectivity index (χ1) is 5.66. The van der Waals surface area contributed by atoms with Crippen LogP contribution in [0.5, 0.6) is 0 Å². The molecule has 0 aliphatic carbocycles. The molecule has 0 aromatic carbocycles. The Bertz CT molecular complexity index is 377. The van der Waals surface area contributed by atoms with Crippen molar-refractivity contribution in [3.05, 3.63) is 27.0 Å². The van der Waals surface area contributed by atoms with Crippen LogP contribution in [0.2, 0.25) is 0 Å². The Labute approximate surface area is 69.3 Å². The van der Waals surface area contributed by atoms with Gasteiger partial charge in [-0.05, 0) is 6.42 Å². The van der Waals surface area contributed by atoms with E-state index in [1.807, 2.05) is 6.92 Å². The fraction of sp³-hybridized carbons (Fsp3) is 0.571. The van der Waals surface area contributed by atoms with Gasteiger partial charge in [0.2, 0.25) is 0 Å². The predicted octanol–water partition coefficient (Wildman–Crippen LogP) is -0.648. The molecule has 5 heteroatoms. The maximum atomic E-state index is 11.2. The van der Waals surface area contributed by atoms with Gasteiger partial charge in [0, 0.05) is 13.6 Å². The van der Waals surface area contributed by atoms with Crippen LogP contribution in [0.15, 0.2) is 15.8 Å². The normalized spacial score (nSPS) is 10.2. The predicted molar refractivity (Wildman–Crippen MR) is 44.0 cm³/mol. The first-order valence-electron chi connectivity index (χ1n) is 3.80. The molecule has 0 fully saturated rings. The Hall–Kier alpha value is -1.39. The number of aromatic nitrogens is 3. The molecule has 0 aliphatic heterocycles. The molecule has 0 radical (unpaired) electrons. The van der Waals surface area contributed by atoms with E-state index >= 15 is 0 Å². The molecule has 0 saturated heterocycles. The van der Waals surface area contributed by atoms with Crippen LogP contribution in [0.4, 0.5) is 0 Å². The van der Waals surface area contributed by atoms with Gasteiger partial charge in [0.1, 0.15) is 6.20 Å². The van der Waals surface area contributed by atoms with Gasteiger partial charge < -0.3 is 0 Å². The summed E-state index contributed by atoms with van der Waals surface area (Å²) in [5, 5.41) is 3.70. The molecule has 0 bridgehead atoms. The molecule has 0 N–H and O–H groups in total. The first kappa shape index (κ1) is 8.70. The Morgan fingerprint density at radius 1 is 1.50 bits per heavy atom. The van der Waals surface area contributed by atoms with Crippen molar-refractivity contribution >= 4 is 0 Å². The van der Waals surface area contributed by atoms with Gasteiger partial charge in [0.15, 0.2) is 0 Å². The number of hydrogen-bond donors (Lipinski definition) is 0. The van der Waals surface area contributed by atoms with E-state index in [2.05, 4.69) is 5.10 Å². The van der Waals surface area contributed by atoms with Crippen LogP contribution in [0, 0.1) is 0 Å². The second-order valence-corrected chi connectivity index (χ2v) is 2.55. The van der Waals surface area contributed by atoms with E-state index in [0.29, 0.717) is 6.54 Å². The topological polar surface area (TPSA) is 56.9 Å². The van der Waals surface area contributed by atoms with E-state index in [-0.39, 0.29) is 11.2 Å². The summed E-state index contributed by atoms with van der Waals surface area (Å²) in [6, 6.07) is 0. The molecule has 1 heterocycles. The standard InChI is InChI=1S/C7H11N3O2/c1-3-4-10-7(12)9(2)6(11)5-8-10/h5H,3-4H2,1-2H3. The van der Waals surface area contributed by atoms with E-state index in [9.17, 15) is 9.59 Å². The molecule has 12 heavy (non-hydrogen) atoms.